The quantitative estimate of drug-likeness (QED) is 0.877. The van der Waals surface area contributed by atoms with Gasteiger partial charge in [0.05, 0.1) is 49.0 Å². The number of hydrogen-bond acceptors (Lipinski definition) is 5. The van der Waals surface area contributed by atoms with Gasteiger partial charge in [0.25, 0.3) is 0 Å². The highest BCUT2D eigenvalue weighted by Crippen LogP contribution is 2.27. The van der Waals surface area contributed by atoms with E-state index < -0.39 is 0 Å². The van der Waals surface area contributed by atoms with Crippen molar-refractivity contribution in [2.24, 2.45) is 0 Å². The van der Waals surface area contributed by atoms with E-state index >= 15 is 0 Å². The minimum absolute atomic E-state index is 0.0695. The van der Waals surface area contributed by atoms with Gasteiger partial charge in [-0.1, -0.05) is 18.2 Å². The number of fused-ring (bicyclic) bond motifs is 1. The van der Waals surface area contributed by atoms with Crippen LogP contribution in [0.2, 0.25) is 0 Å². The molecule has 1 aliphatic heterocycles. The first-order valence-electron chi connectivity index (χ1n) is 6.41. The monoisotopic (exact) mass is 259 g/mol. The minimum Gasteiger partial charge on any atom is -0.396 e. The number of nitrogens with zero attached hydrogens (tertiary/aromatic N) is 1. The molecule has 3 N–H and O–H groups in total. The van der Waals surface area contributed by atoms with E-state index in [-0.39, 0.29) is 6.10 Å². The van der Waals surface area contributed by atoms with Gasteiger partial charge in [0.1, 0.15) is 0 Å². The van der Waals surface area contributed by atoms with Crippen LogP contribution in [0.3, 0.4) is 0 Å². The predicted molar refractivity (Wildman–Crippen MR) is 75.2 cm³/mol. The molecule has 0 amide bonds. The number of nitrogens with one attached hydrogen (secondary N) is 1. The van der Waals surface area contributed by atoms with Gasteiger partial charge in [-0.05, 0) is 6.07 Å². The molecule has 0 aliphatic carbocycles. The first kappa shape index (κ1) is 12.2. The van der Waals surface area contributed by atoms with Gasteiger partial charge in [-0.2, -0.15) is 0 Å². The van der Waals surface area contributed by atoms with E-state index in [2.05, 4.69) is 10.3 Å². The second kappa shape index (κ2) is 5.42. The van der Waals surface area contributed by atoms with Crippen LogP contribution in [0.4, 0.5) is 11.4 Å². The Labute approximate surface area is 111 Å². The topological polar surface area (TPSA) is 69.4 Å². The fraction of sp³-hybridized carbons (Fsp3) is 0.357. The third-order valence-corrected chi connectivity index (χ3v) is 3.20. The minimum atomic E-state index is 0.0695. The van der Waals surface area contributed by atoms with E-state index in [9.17, 15) is 0 Å². The lowest BCUT2D eigenvalue weighted by atomic mass is 10.1. The Morgan fingerprint density at radius 2 is 2.21 bits per heavy atom. The summed E-state index contributed by atoms with van der Waals surface area (Å²) in [6, 6.07) is 7.93. The molecule has 0 spiro atoms. The molecule has 0 bridgehead atoms. The second-order valence-corrected chi connectivity index (χ2v) is 4.55. The van der Waals surface area contributed by atoms with Crippen molar-refractivity contribution < 1.29 is 9.47 Å². The molecule has 1 unspecified atom stereocenters. The van der Waals surface area contributed by atoms with Crippen molar-refractivity contribution in [3.8, 4) is 0 Å². The first-order chi connectivity index (χ1) is 9.34. The number of nitrogen functional groups attached to an aromatic ring is 1. The summed E-state index contributed by atoms with van der Waals surface area (Å²) in [4.78, 5) is 4.32. The molecule has 19 heavy (non-hydrogen) atoms. The Hall–Kier alpha value is -1.85. The van der Waals surface area contributed by atoms with Crippen molar-refractivity contribution in [1.29, 1.82) is 0 Å². The predicted octanol–water partition coefficient (Wildman–Crippen LogP) is 1.64. The summed E-state index contributed by atoms with van der Waals surface area (Å²) in [5.41, 5.74) is 8.50. The lowest BCUT2D eigenvalue weighted by molar-refractivity contribution is -0.0818. The van der Waals surface area contributed by atoms with Crippen LogP contribution in [0.15, 0.2) is 30.5 Å². The number of hydrogen-bond donors (Lipinski definition) is 2. The molecule has 2 aromatic rings. The standard InChI is InChI=1S/C14H17N3O2/c15-12-8-16-13-4-2-1-3-11(13)14(12)17-7-10-9-18-5-6-19-10/h1-4,8,10H,5-7,9,15H2,(H,16,17). The Bertz CT molecular complexity index is 568. The average molecular weight is 259 g/mol. The third-order valence-electron chi connectivity index (χ3n) is 3.20. The molecule has 1 aromatic heterocycles. The maximum atomic E-state index is 6.01. The van der Waals surface area contributed by atoms with Gasteiger partial charge in [0.2, 0.25) is 0 Å². The summed E-state index contributed by atoms with van der Waals surface area (Å²) in [7, 11) is 0. The first-order valence-corrected chi connectivity index (χ1v) is 6.41. The summed E-state index contributed by atoms with van der Waals surface area (Å²) in [6.45, 7) is 2.63. The van der Waals surface area contributed by atoms with Gasteiger partial charge in [-0.15, -0.1) is 0 Å². The highest BCUT2D eigenvalue weighted by molar-refractivity contribution is 5.96. The van der Waals surface area contributed by atoms with Crippen LogP contribution in [0.1, 0.15) is 0 Å². The molecule has 1 aromatic carbocycles. The molecule has 3 rings (SSSR count). The maximum absolute atomic E-state index is 6.01. The number of pyridine rings is 1. The lowest BCUT2D eigenvalue weighted by Crippen LogP contribution is -2.34. The van der Waals surface area contributed by atoms with Gasteiger partial charge < -0.3 is 20.5 Å². The van der Waals surface area contributed by atoms with Gasteiger partial charge in [0.15, 0.2) is 0 Å². The van der Waals surface area contributed by atoms with Crippen LogP contribution >= 0.6 is 0 Å². The van der Waals surface area contributed by atoms with Crippen LogP contribution < -0.4 is 11.1 Å². The number of nitrogens with two attached hydrogens (primary N) is 1. The molecule has 2 heterocycles. The van der Waals surface area contributed by atoms with E-state index in [1.54, 1.807) is 6.20 Å². The van der Waals surface area contributed by atoms with Gasteiger partial charge in [-0.25, -0.2) is 0 Å². The number of benzene rings is 1. The normalized spacial score (nSPS) is 19.5. The van der Waals surface area contributed by atoms with Gasteiger partial charge in [-0.3, -0.25) is 4.98 Å². The number of rotatable bonds is 3. The average Bonchev–Trinajstić information content (AvgIpc) is 2.47. The largest absolute Gasteiger partial charge is 0.396 e. The Balaban J connectivity index is 1.81. The zero-order valence-electron chi connectivity index (χ0n) is 10.6. The number of anilines is 2. The molecule has 100 valence electrons. The van der Waals surface area contributed by atoms with Crippen molar-refractivity contribution in [3.63, 3.8) is 0 Å². The summed E-state index contributed by atoms with van der Waals surface area (Å²) in [5.74, 6) is 0. The zero-order chi connectivity index (χ0) is 13.1. The van der Waals surface area contributed by atoms with Crippen molar-refractivity contribution in [1.82, 2.24) is 4.98 Å². The molecule has 0 radical (unpaired) electrons. The number of aromatic nitrogens is 1. The molecule has 0 saturated carbocycles. The molecular formula is C14H17N3O2. The summed E-state index contributed by atoms with van der Waals surface area (Å²) < 4.78 is 11.0. The van der Waals surface area contributed by atoms with Crippen molar-refractivity contribution in [3.05, 3.63) is 30.5 Å². The van der Waals surface area contributed by atoms with Crippen LogP contribution in [0.25, 0.3) is 10.9 Å². The van der Waals surface area contributed by atoms with Gasteiger partial charge in [0, 0.05) is 11.9 Å². The number of ether oxygens (including phenoxy) is 2. The highest BCUT2D eigenvalue weighted by atomic mass is 16.6. The number of para-hydroxylation sites is 1. The molecule has 1 aliphatic rings. The third kappa shape index (κ3) is 2.62. The Kier molecular flexibility index (Phi) is 3.48. The van der Waals surface area contributed by atoms with E-state index in [4.69, 9.17) is 15.2 Å². The van der Waals surface area contributed by atoms with Crippen molar-refractivity contribution in [2.45, 2.75) is 6.10 Å². The van der Waals surface area contributed by atoms with Crippen LogP contribution in [0.5, 0.6) is 0 Å². The Morgan fingerprint density at radius 3 is 3.05 bits per heavy atom. The fourth-order valence-corrected chi connectivity index (χ4v) is 2.22. The molecule has 1 saturated heterocycles. The smallest absolute Gasteiger partial charge is 0.0981 e. The molecule has 1 atom stereocenters. The lowest BCUT2D eigenvalue weighted by Gasteiger charge is -2.24. The summed E-state index contributed by atoms with van der Waals surface area (Å²) >= 11 is 0. The van der Waals surface area contributed by atoms with E-state index in [1.165, 1.54) is 0 Å². The summed E-state index contributed by atoms with van der Waals surface area (Å²) in [5, 5.41) is 4.38. The maximum Gasteiger partial charge on any atom is 0.0981 e. The molecule has 1 fully saturated rings. The van der Waals surface area contributed by atoms with Crippen molar-refractivity contribution >= 4 is 22.3 Å². The van der Waals surface area contributed by atoms with Gasteiger partial charge >= 0.3 is 0 Å². The fourth-order valence-electron chi connectivity index (χ4n) is 2.22. The van der Waals surface area contributed by atoms with E-state index in [0.717, 1.165) is 16.6 Å². The van der Waals surface area contributed by atoms with Crippen molar-refractivity contribution in [2.75, 3.05) is 37.4 Å². The highest BCUT2D eigenvalue weighted by Gasteiger charge is 2.15. The zero-order valence-corrected chi connectivity index (χ0v) is 10.6. The second-order valence-electron chi connectivity index (χ2n) is 4.55. The van der Waals surface area contributed by atoms with Crippen LogP contribution in [-0.4, -0.2) is 37.5 Å². The van der Waals surface area contributed by atoms with E-state index in [0.29, 0.717) is 32.1 Å². The summed E-state index contributed by atoms with van der Waals surface area (Å²) in [6.07, 6.45) is 1.75. The molecule has 5 heteroatoms. The Morgan fingerprint density at radius 1 is 1.32 bits per heavy atom. The van der Waals surface area contributed by atoms with E-state index in [1.807, 2.05) is 24.3 Å². The van der Waals surface area contributed by atoms with Crippen LogP contribution in [-0.2, 0) is 9.47 Å². The SMILES string of the molecule is Nc1cnc2ccccc2c1NCC1COCCO1. The van der Waals surface area contributed by atoms with Crippen LogP contribution in [0, 0.1) is 0 Å². The molecule has 5 nitrogen and oxygen atoms in total. The molecular weight excluding hydrogens is 242 g/mol.